The molecule has 222 valence electrons. The summed E-state index contributed by atoms with van der Waals surface area (Å²) in [6, 6.07) is 17.0. The number of nitrogens with zero attached hydrogens (tertiary/aromatic N) is 4. The Kier molecular flexibility index (Phi) is 8.07. The smallest absolute Gasteiger partial charge is 0.138 e. The van der Waals surface area contributed by atoms with Crippen molar-refractivity contribution in [2.24, 2.45) is 0 Å². The van der Waals surface area contributed by atoms with E-state index in [0.29, 0.717) is 19.0 Å². The van der Waals surface area contributed by atoms with Gasteiger partial charge in [0.15, 0.2) is 0 Å². The third-order valence-corrected chi connectivity index (χ3v) is 8.47. The molecule has 5 aromatic rings. The first kappa shape index (κ1) is 27.6. The molecule has 3 aromatic heterocycles. The number of rotatable bonds is 11. The number of pyridine rings is 1. The third-order valence-electron chi connectivity index (χ3n) is 8.47. The van der Waals surface area contributed by atoms with Gasteiger partial charge in [0.25, 0.3) is 0 Å². The number of aromatic amines is 2. The first-order chi connectivity index (χ1) is 21.2. The molecule has 7 rings (SSSR count). The van der Waals surface area contributed by atoms with Crippen LogP contribution < -0.4 is 9.47 Å². The number of H-pyrrole nitrogens is 2. The Hall–Kier alpha value is -4.21. The fraction of sp³-hybridized carbons (Fsp3) is 0.353. The van der Waals surface area contributed by atoms with Gasteiger partial charge in [0.1, 0.15) is 30.5 Å². The quantitative estimate of drug-likeness (QED) is 0.189. The average molecular weight is 581 g/mol. The first-order valence-electron chi connectivity index (χ1n) is 15.3. The summed E-state index contributed by atoms with van der Waals surface area (Å²) >= 11 is 0. The van der Waals surface area contributed by atoms with Crippen molar-refractivity contribution in [3.05, 3.63) is 72.8 Å². The van der Waals surface area contributed by atoms with Gasteiger partial charge in [-0.25, -0.2) is 4.39 Å². The van der Waals surface area contributed by atoms with Crippen LogP contribution in [-0.4, -0.2) is 82.4 Å². The Labute approximate surface area is 250 Å². The van der Waals surface area contributed by atoms with Crippen LogP contribution in [-0.2, 0) is 0 Å². The van der Waals surface area contributed by atoms with Crippen molar-refractivity contribution < 1.29 is 13.9 Å². The summed E-state index contributed by atoms with van der Waals surface area (Å²) in [7, 11) is 0. The molecule has 5 heterocycles. The van der Waals surface area contributed by atoms with Crippen LogP contribution in [0.5, 0.6) is 11.5 Å². The predicted octanol–water partition coefficient (Wildman–Crippen LogP) is 6.38. The minimum absolute atomic E-state index is 0.310. The molecule has 43 heavy (non-hydrogen) atoms. The van der Waals surface area contributed by atoms with E-state index >= 15 is 0 Å². The molecular formula is C34H37FN6O2. The lowest BCUT2D eigenvalue weighted by molar-refractivity contribution is 0.237. The number of benzene rings is 2. The lowest BCUT2D eigenvalue weighted by atomic mass is 10.0. The number of likely N-dealkylation sites (tertiary alicyclic amines) is 2. The Morgan fingerprint density at radius 3 is 2.23 bits per heavy atom. The van der Waals surface area contributed by atoms with Crippen LogP contribution >= 0.6 is 0 Å². The number of nitrogens with one attached hydrogen (secondary N) is 2. The van der Waals surface area contributed by atoms with E-state index in [2.05, 4.69) is 36.0 Å². The van der Waals surface area contributed by atoms with E-state index in [1.54, 1.807) is 18.5 Å². The highest BCUT2D eigenvalue weighted by Crippen LogP contribution is 2.35. The molecule has 2 aliphatic rings. The van der Waals surface area contributed by atoms with Crippen molar-refractivity contribution in [2.75, 3.05) is 52.5 Å². The zero-order valence-corrected chi connectivity index (χ0v) is 24.3. The molecule has 0 unspecified atom stereocenters. The molecule has 0 amide bonds. The van der Waals surface area contributed by atoms with Gasteiger partial charge in [0.2, 0.25) is 0 Å². The van der Waals surface area contributed by atoms with E-state index < -0.39 is 0 Å². The Morgan fingerprint density at radius 1 is 0.744 bits per heavy atom. The molecule has 0 bridgehead atoms. The number of aromatic nitrogens is 4. The zero-order chi connectivity index (χ0) is 29.0. The molecule has 0 aliphatic carbocycles. The molecule has 2 aliphatic heterocycles. The number of hydrogen-bond acceptors (Lipinski definition) is 6. The van der Waals surface area contributed by atoms with E-state index in [4.69, 9.17) is 9.47 Å². The fourth-order valence-corrected chi connectivity index (χ4v) is 6.20. The summed E-state index contributed by atoms with van der Waals surface area (Å²) in [6.07, 6.45) is 8.57. The SMILES string of the molecule is Fc1cc(OCCN2CCCC2)cc(-c2cccc3[nH]c(-c4cc(-c5cncc(OCCN6CCCC6)c5)n[nH]4)cc23)c1. The molecule has 0 spiro atoms. The molecule has 0 saturated carbocycles. The Balaban J connectivity index is 1.08. The molecule has 9 heteroatoms. The van der Waals surface area contributed by atoms with Gasteiger partial charge >= 0.3 is 0 Å². The maximum atomic E-state index is 14.7. The summed E-state index contributed by atoms with van der Waals surface area (Å²) in [5.74, 6) is 0.984. The van der Waals surface area contributed by atoms with Gasteiger partial charge in [0.05, 0.1) is 23.3 Å². The number of halogens is 1. The van der Waals surface area contributed by atoms with Gasteiger partial charge in [-0.15, -0.1) is 0 Å². The topological polar surface area (TPSA) is 82.3 Å². The maximum absolute atomic E-state index is 14.7. The maximum Gasteiger partial charge on any atom is 0.138 e. The van der Waals surface area contributed by atoms with Crippen LogP contribution in [0.3, 0.4) is 0 Å². The molecule has 2 N–H and O–H groups in total. The number of ether oxygens (including phenoxy) is 2. The monoisotopic (exact) mass is 580 g/mol. The minimum Gasteiger partial charge on any atom is -0.492 e. The highest BCUT2D eigenvalue weighted by molar-refractivity contribution is 5.98. The lowest BCUT2D eigenvalue weighted by Gasteiger charge is -2.15. The molecule has 0 atom stereocenters. The molecule has 2 fully saturated rings. The molecule has 8 nitrogen and oxygen atoms in total. The van der Waals surface area contributed by atoms with Crippen molar-refractivity contribution in [2.45, 2.75) is 25.7 Å². The van der Waals surface area contributed by atoms with Crippen LogP contribution in [0.25, 0.3) is 44.7 Å². The van der Waals surface area contributed by atoms with Gasteiger partial charge in [-0.3, -0.25) is 19.9 Å². The third kappa shape index (κ3) is 6.43. The fourth-order valence-electron chi connectivity index (χ4n) is 6.20. The van der Waals surface area contributed by atoms with E-state index in [1.807, 2.05) is 36.4 Å². The molecule has 2 aromatic carbocycles. The molecular weight excluding hydrogens is 543 g/mol. The molecule has 0 radical (unpaired) electrons. The van der Waals surface area contributed by atoms with Crippen LogP contribution in [0.1, 0.15) is 25.7 Å². The van der Waals surface area contributed by atoms with E-state index in [0.717, 1.165) is 89.7 Å². The second kappa shape index (κ2) is 12.6. The Morgan fingerprint density at radius 2 is 1.47 bits per heavy atom. The van der Waals surface area contributed by atoms with Gasteiger partial charge in [-0.1, -0.05) is 12.1 Å². The largest absolute Gasteiger partial charge is 0.492 e. The van der Waals surface area contributed by atoms with Crippen LogP contribution in [0.4, 0.5) is 4.39 Å². The van der Waals surface area contributed by atoms with Crippen molar-refractivity contribution in [3.8, 4) is 45.3 Å². The second-order valence-corrected chi connectivity index (χ2v) is 11.5. The number of hydrogen-bond donors (Lipinski definition) is 2. The van der Waals surface area contributed by atoms with Crippen molar-refractivity contribution in [1.29, 1.82) is 0 Å². The van der Waals surface area contributed by atoms with Crippen molar-refractivity contribution in [3.63, 3.8) is 0 Å². The highest BCUT2D eigenvalue weighted by atomic mass is 19.1. The minimum atomic E-state index is -0.310. The van der Waals surface area contributed by atoms with Gasteiger partial charge in [0, 0.05) is 41.8 Å². The van der Waals surface area contributed by atoms with Gasteiger partial charge in [-0.2, -0.15) is 5.10 Å². The average Bonchev–Trinajstić information content (AvgIpc) is 3.84. The molecule has 2 saturated heterocycles. The predicted molar refractivity (Wildman–Crippen MR) is 167 cm³/mol. The van der Waals surface area contributed by atoms with Crippen LogP contribution in [0.15, 0.2) is 67.0 Å². The van der Waals surface area contributed by atoms with E-state index in [9.17, 15) is 4.39 Å². The lowest BCUT2D eigenvalue weighted by Crippen LogP contribution is -2.25. The highest BCUT2D eigenvalue weighted by Gasteiger charge is 2.15. The summed E-state index contributed by atoms with van der Waals surface area (Å²) in [6.45, 7) is 7.53. The van der Waals surface area contributed by atoms with Crippen molar-refractivity contribution in [1.82, 2.24) is 30.0 Å². The number of fused-ring (bicyclic) bond motifs is 1. The van der Waals surface area contributed by atoms with Crippen molar-refractivity contribution >= 4 is 10.9 Å². The summed E-state index contributed by atoms with van der Waals surface area (Å²) in [4.78, 5) is 12.7. The standard InChI is InChI=1S/C34H37FN6O2/c35-26-16-24(17-27(19-26)42-14-12-40-8-1-2-9-40)29-6-5-7-31-30(29)20-33(37-31)34-21-32(38-39-34)25-18-28(23-36-22-25)43-15-13-41-10-3-4-11-41/h5-7,16-23,37H,1-4,8-15H2,(H,38,39). The first-order valence-corrected chi connectivity index (χ1v) is 15.3. The van der Waals surface area contributed by atoms with Crippen LogP contribution in [0, 0.1) is 5.82 Å². The summed E-state index contributed by atoms with van der Waals surface area (Å²) in [5, 5.41) is 8.72. The summed E-state index contributed by atoms with van der Waals surface area (Å²) < 4.78 is 26.7. The van der Waals surface area contributed by atoms with Gasteiger partial charge in [-0.05, 0) is 99.4 Å². The van der Waals surface area contributed by atoms with Crippen LogP contribution in [0.2, 0.25) is 0 Å². The van der Waals surface area contributed by atoms with E-state index in [-0.39, 0.29) is 5.82 Å². The van der Waals surface area contributed by atoms with Gasteiger partial charge < -0.3 is 14.5 Å². The second-order valence-electron chi connectivity index (χ2n) is 11.5. The summed E-state index contributed by atoms with van der Waals surface area (Å²) in [5.41, 5.74) is 6.09. The normalized spacial score (nSPS) is 15.9. The van der Waals surface area contributed by atoms with E-state index in [1.165, 1.54) is 31.7 Å². The zero-order valence-electron chi connectivity index (χ0n) is 24.3. The Bertz CT molecular complexity index is 1690.